The van der Waals surface area contributed by atoms with Crippen molar-refractivity contribution in [1.29, 1.82) is 0 Å². The third-order valence-corrected chi connectivity index (χ3v) is 4.55. The predicted octanol–water partition coefficient (Wildman–Crippen LogP) is 0.384. The van der Waals surface area contributed by atoms with E-state index in [-0.39, 0.29) is 11.5 Å². The highest BCUT2D eigenvalue weighted by Crippen LogP contribution is 2.02. The van der Waals surface area contributed by atoms with E-state index in [1.165, 1.54) is 0 Å². The van der Waals surface area contributed by atoms with Gasteiger partial charge in [-0.05, 0) is 32.2 Å². The third-order valence-electron chi connectivity index (χ3n) is 2.76. The molecule has 0 aromatic carbocycles. The van der Waals surface area contributed by atoms with Crippen LogP contribution >= 0.6 is 0 Å². The van der Waals surface area contributed by atoms with Crippen molar-refractivity contribution in [3.05, 3.63) is 11.9 Å². The summed E-state index contributed by atoms with van der Waals surface area (Å²) in [5.41, 5.74) is 6.37. The third kappa shape index (κ3) is 5.59. The summed E-state index contributed by atoms with van der Waals surface area (Å²) >= 11 is 0. The number of hydrogen-bond donors (Lipinski definition) is 1. The van der Waals surface area contributed by atoms with Crippen LogP contribution in [-0.4, -0.2) is 41.5 Å². The molecule has 0 aliphatic carbocycles. The van der Waals surface area contributed by atoms with Crippen LogP contribution in [0, 0.1) is 0 Å². The quantitative estimate of drug-likeness (QED) is 0.658. The molecular formula is C11H22N4O2S. The molecule has 1 aromatic rings. The van der Waals surface area contributed by atoms with E-state index in [9.17, 15) is 8.42 Å². The molecule has 0 spiro atoms. The molecule has 0 fully saturated rings. The monoisotopic (exact) mass is 274 g/mol. The number of sulfone groups is 1. The summed E-state index contributed by atoms with van der Waals surface area (Å²) in [6, 6.07) is 0. The summed E-state index contributed by atoms with van der Waals surface area (Å²) in [4.78, 5) is 0. The van der Waals surface area contributed by atoms with Crippen LogP contribution in [0.4, 0.5) is 0 Å². The van der Waals surface area contributed by atoms with E-state index < -0.39 is 9.84 Å². The summed E-state index contributed by atoms with van der Waals surface area (Å²) in [6.45, 7) is 2.96. The molecule has 18 heavy (non-hydrogen) atoms. The number of rotatable bonds is 9. The van der Waals surface area contributed by atoms with Gasteiger partial charge < -0.3 is 5.73 Å². The van der Waals surface area contributed by atoms with Crippen LogP contribution in [0.1, 0.15) is 31.9 Å². The van der Waals surface area contributed by atoms with Gasteiger partial charge in [-0.2, -0.15) is 0 Å². The normalized spacial score (nSPS) is 11.9. The Labute approximate surface area is 108 Å². The van der Waals surface area contributed by atoms with Crippen molar-refractivity contribution >= 4 is 9.84 Å². The van der Waals surface area contributed by atoms with E-state index in [0.29, 0.717) is 19.5 Å². The molecule has 0 saturated carbocycles. The largest absolute Gasteiger partial charge is 0.330 e. The molecule has 0 atom stereocenters. The fourth-order valence-electron chi connectivity index (χ4n) is 1.60. The van der Waals surface area contributed by atoms with Gasteiger partial charge in [-0.15, -0.1) is 5.10 Å². The van der Waals surface area contributed by atoms with Gasteiger partial charge in [0.2, 0.25) is 0 Å². The molecule has 0 bridgehead atoms. The highest BCUT2D eigenvalue weighted by Gasteiger charge is 2.07. The molecule has 0 amide bonds. The molecule has 1 aromatic heterocycles. The second-order valence-corrected chi connectivity index (χ2v) is 6.78. The van der Waals surface area contributed by atoms with Gasteiger partial charge in [0.05, 0.1) is 11.4 Å². The number of hydrogen-bond acceptors (Lipinski definition) is 5. The zero-order chi connectivity index (χ0) is 13.4. The first-order valence-corrected chi connectivity index (χ1v) is 8.19. The van der Waals surface area contributed by atoms with E-state index >= 15 is 0 Å². The van der Waals surface area contributed by atoms with Gasteiger partial charge in [0.1, 0.15) is 9.84 Å². The van der Waals surface area contributed by atoms with E-state index in [1.807, 2.05) is 6.20 Å². The smallest absolute Gasteiger partial charge is 0.150 e. The molecule has 0 aliphatic heterocycles. The molecule has 0 radical (unpaired) electrons. The summed E-state index contributed by atoms with van der Waals surface area (Å²) in [7, 11) is -2.88. The molecule has 0 aliphatic rings. The second kappa shape index (κ2) is 7.48. The van der Waals surface area contributed by atoms with E-state index in [0.717, 1.165) is 25.0 Å². The van der Waals surface area contributed by atoms with Gasteiger partial charge >= 0.3 is 0 Å². The maximum Gasteiger partial charge on any atom is 0.150 e. The maximum atomic E-state index is 11.3. The summed E-state index contributed by atoms with van der Waals surface area (Å²) in [5.74, 6) is 0.417. The Morgan fingerprint density at radius 3 is 2.78 bits per heavy atom. The fraction of sp³-hybridized carbons (Fsp3) is 0.818. The predicted molar refractivity (Wildman–Crippen MR) is 71.0 cm³/mol. The van der Waals surface area contributed by atoms with Gasteiger partial charge in [0.15, 0.2) is 0 Å². The zero-order valence-electron chi connectivity index (χ0n) is 10.9. The zero-order valence-corrected chi connectivity index (χ0v) is 11.7. The number of aryl methyl sites for hydroxylation is 2. The van der Waals surface area contributed by atoms with Crippen LogP contribution in [0.5, 0.6) is 0 Å². The average molecular weight is 274 g/mol. The van der Waals surface area contributed by atoms with Crippen molar-refractivity contribution in [3.8, 4) is 0 Å². The Morgan fingerprint density at radius 1 is 1.33 bits per heavy atom. The Hall–Kier alpha value is -0.950. The number of unbranched alkanes of at least 4 members (excludes halogenated alkanes) is 1. The maximum absolute atomic E-state index is 11.3. The van der Waals surface area contributed by atoms with Crippen LogP contribution in [0.25, 0.3) is 0 Å². The summed E-state index contributed by atoms with van der Waals surface area (Å²) in [5, 5.41) is 8.03. The minimum absolute atomic E-state index is 0.203. The average Bonchev–Trinajstić information content (AvgIpc) is 2.77. The highest BCUT2D eigenvalue weighted by molar-refractivity contribution is 7.91. The first kappa shape index (κ1) is 15.1. The minimum Gasteiger partial charge on any atom is -0.330 e. The van der Waals surface area contributed by atoms with Crippen molar-refractivity contribution in [2.24, 2.45) is 5.73 Å². The van der Waals surface area contributed by atoms with Crippen LogP contribution in [0.2, 0.25) is 0 Å². The minimum atomic E-state index is -2.88. The molecule has 6 nitrogen and oxygen atoms in total. The molecule has 0 saturated heterocycles. The molecule has 0 unspecified atom stereocenters. The van der Waals surface area contributed by atoms with Gasteiger partial charge in [-0.1, -0.05) is 12.1 Å². The van der Waals surface area contributed by atoms with Crippen LogP contribution in [-0.2, 0) is 22.8 Å². The Balaban J connectivity index is 2.31. The van der Waals surface area contributed by atoms with Gasteiger partial charge in [-0.25, -0.2) is 8.42 Å². The van der Waals surface area contributed by atoms with Crippen LogP contribution in [0.15, 0.2) is 6.20 Å². The number of aromatic nitrogens is 3. The lowest BCUT2D eigenvalue weighted by atomic mass is 10.2. The first-order chi connectivity index (χ1) is 8.57. The van der Waals surface area contributed by atoms with Gasteiger partial charge in [0.25, 0.3) is 0 Å². The van der Waals surface area contributed by atoms with Crippen molar-refractivity contribution in [3.63, 3.8) is 0 Å². The van der Waals surface area contributed by atoms with Crippen LogP contribution < -0.4 is 5.73 Å². The van der Waals surface area contributed by atoms with Crippen molar-refractivity contribution in [2.75, 3.05) is 18.1 Å². The molecule has 7 heteroatoms. The standard InChI is InChI=1S/C11H22N4O2S/c1-2-18(16,17)9-5-8-15-10-11(13-14-15)6-3-4-7-12/h10H,2-9,12H2,1H3. The Morgan fingerprint density at radius 2 is 2.11 bits per heavy atom. The SMILES string of the molecule is CCS(=O)(=O)CCCn1cc(CCCCN)nn1. The fourth-order valence-corrected chi connectivity index (χ4v) is 2.46. The van der Waals surface area contributed by atoms with Crippen molar-refractivity contribution in [1.82, 2.24) is 15.0 Å². The lowest BCUT2D eigenvalue weighted by Gasteiger charge is -2.01. The van der Waals surface area contributed by atoms with E-state index in [1.54, 1.807) is 11.6 Å². The highest BCUT2D eigenvalue weighted by atomic mass is 32.2. The number of nitrogens with two attached hydrogens (primary N) is 1. The molecule has 1 heterocycles. The topological polar surface area (TPSA) is 90.9 Å². The first-order valence-electron chi connectivity index (χ1n) is 6.37. The Kier molecular flexibility index (Phi) is 6.28. The van der Waals surface area contributed by atoms with Crippen molar-refractivity contribution in [2.45, 2.75) is 39.2 Å². The Bertz CT molecular complexity index is 442. The number of nitrogens with zero attached hydrogens (tertiary/aromatic N) is 3. The molecule has 104 valence electrons. The van der Waals surface area contributed by atoms with E-state index in [2.05, 4.69) is 10.3 Å². The van der Waals surface area contributed by atoms with Crippen molar-refractivity contribution < 1.29 is 8.42 Å². The molecular weight excluding hydrogens is 252 g/mol. The molecule has 1 rings (SSSR count). The van der Waals surface area contributed by atoms with Crippen LogP contribution in [0.3, 0.4) is 0 Å². The van der Waals surface area contributed by atoms with Gasteiger partial charge in [0, 0.05) is 18.5 Å². The molecule has 2 N–H and O–H groups in total. The lowest BCUT2D eigenvalue weighted by molar-refractivity contribution is 0.562. The van der Waals surface area contributed by atoms with E-state index in [4.69, 9.17) is 5.73 Å². The summed E-state index contributed by atoms with van der Waals surface area (Å²) < 4.78 is 24.3. The summed E-state index contributed by atoms with van der Waals surface area (Å²) in [6.07, 6.45) is 5.35. The second-order valence-electron chi connectivity index (χ2n) is 4.31. The van der Waals surface area contributed by atoms with Gasteiger partial charge in [-0.3, -0.25) is 4.68 Å². The lowest BCUT2D eigenvalue weighted by Crippen LogP contribution is -2.11.